The molecule has 0 bridgehead atoms. The fourth-order valence-corrected chi connectivity index (χ4v) is 1.74. The highest BCUT2D eigenvalue weighted by Gasteiger charge is 2.19. The maximum absolute atomic E-state index is 9.83. The topological polar surface area (TPSA) is 51.0 Å². The number of phenolic OH excluding ortho intramolecular Hbond substituents is 1. The van der Waals surface area contributed by atoms with E-state index < -0.39 is 0 Å². The molecule has 0 radical (unpaired) electrons. The van der Waals surface area contributed by atoms with Crippen molar-refractivity contribution >= 4 is 6.21 Å². The second-order valence-electron chi connectivity index (χ2n) is 3.32. The van der Waals surface area contributed by atoms with E-state index in [2.05, 4.69) is 4.99 Å². The maximum Gasteiger partial charge on any atom is 0.201 e. The van der Waals surface area contributed by atoms with E-state index in [0.717, 1.165) is 24.1 Å². The fourth-order valence-electron chi connectivity index (χ4n) is 1.74. The molecule has 0 saturated carbocycles. The number of ether oxygens (including phenoxy) is 2. The normalized spacial score (nSPS) is 13.5. The third kappa shape index (κ3) is 1.52. The third-order valence-electron chi connectivity index (χ3n) is 2.50. The van der Waals surface area contributed by atoms with Crippen molar-refractivity contribution in [3.05, 3.63) is 17.2 Å². The molecule has 1 N–H and O–H groups in total. The number of hydrogen-bond acceptors (Lipinski definition) is 4. The molecule has 80 valence electrons. The van der Waals surface area contributed by atoms with Crippen LogP contribution < -0.4 is 9.47 Å². The molecule has 4 nitrogen and oxygen atoms in total. The van der Waals surface area contributed by atoms with Gasteiger partial charge >= 0.3 is 0 Å². The summed E-state index contributed by atoms with van der Waals surface area (Å²) in [4.78, 5) is 4.17. The third-order valence-corrected chi connectivity index (χ3v) is 2.50. The van der Waals surface area contributed by atoms with E-state index in [1.165, 1.54) is 14.2 Å². The first-order chi connectivity index (χ1) is 7.27. The van der Waals surface area contributed by atoms with E-state index in [9.17, 15) is 5.11 Å². The minimum Gasteiger partial charge on any atom is -0.502 e. The summed E-state index contributed by atoms with van der Waals surface area (Å²) < 4.78 is 10.2. The molecular weight excluding hydrogens is 194 g/mol. The van der Waals surface area contributed by atoms with Gasteiger partial charge in [0.15, 0.2) is 11.5 Å². The number of fused-ring (bicyclic) bond motifs is 1. The van der Waals surface area contributed by atoms with Gasteiger partial charge in [-0.05, 0) is 18.1 Å². The van der Waals surface area contributed by atoms with Crippen LogP contribution in [0.2, 0.25) is 0 Å². The van der Waals surface area contributed by atoms with Crippen molar-refractivity contribution in [2.45, 2.75) is 6.42 Å². The number of benzene rings is 1. The van der Waals surface area contributed by atoms with E-state index >= 15 is 0 Å². The van der Waals surface area contributed by atoms with Crippen LogP contribution in [-0.2, 0) is 6.42 Å². The first-order valence-corrected chi connectivity index (χ1v) is 4.74. The molecule has 2 rings (SSSR count). The maximum atomic E-state index is 9.83. The number of phenols is 1. The fraction of sp³-hybridized carbons (Fsp3) is 0.364. The number of methoxy groups -OCH3 is 2. The highest BCUT2D eigenvalue weighted by Crippen LogP contribution is 2.41. The highest BCUT2D eigenvalue weighted by molar-refractivity contribution is 5.89. The van der Waals surface area contributed by atoms with Gasteiger partial charge in [0.25, 0.3) is 0 Å². The molecule has 0 aromatic heterocycles. The number of aliphatic imine (C=N–C) groups is 1. The number of rotatable bonds is 2. The molecule has 4 heteroatoms. The minimum atomic E-state index is 0.0344. The summed E-state index contributed by atoms with van der Waals surface area (Å²) in [6, 6.07) is 1.83. The van der Waals surface area contributed by atoms with Gasteiger partial charge in [0.2, 0.25) is 5.75 Å². The lowest BCUT2D eigenvalue weighted by Crippen LogP contribution is -2.06. The van der Waals surface area contributed by atoms with Gasteiger partial charge in [-0.2, -0.15) is 0 Å². The van der Waals surface area contributed by atoms with Crippen LogP contribution >= 0.6 is 0 Å². The summed E-state index contributed by atoms with van der Waals surface area (Å²) in [5.41, 5.74) is 1.94. The van der Waals surface area contributed by atoms with Crippen LogP contribution in [0, 0.1) is 0 Å². The molecule has 0 unspecified atom stereocenters. The first-order valence-electron chi connectivity index (χ1n) is 4.74. The van der Waals surface area contributed by atoms with Crippen molar-refractivity contribution < 1.29 is 14.6 Å². The van der Waals surface area contributed by atoms with Gasteiger partial charge in [-0.3, -0.25) is 4.99 Å². The molecular formula is C11H13NO3. The Labute approximate surface area is 88.2 Å². The molecule has 1 aliphatic rings. The van der Waals surface area contributed by atoms with Crippen molar-refractivity contribution in [2.75, 3.05) is 20.8 Å². The Hall–Kier alpha value is -1.71. The van der Waals surface area contributed by atoms with Gasteiger partial charge in [-0.25, -0.2) is 0 Å². The van der Waals surface area contributed by atoms with Crippen molar-refractivity contribution in [3.8, 4) is 17.2 Å². The predicted molar refractivity (Wildman–Crippen MR) is 57.4 cm³/mol. The van der Waals surface area contributed by atoms with Gasteiger partial charge < -0.3 is 14.6 Å². The molecule has 0 fully saturated rings. The molecule has 0 saturated heterocycles. The van der Waals surface area contributed by atoms with Crippen molar-refractivity contribution in [1.29, 1.82) is 0 Å². The summed E-state index contributed by atoms with van der Waals surface area (Å²) >= 11 is 0. The second-order valence-corrected chi connectivity index (χ2v) is 3.32. The van der Waals surface area contributed by atoms with E-state index in [4.69, 9.17) is 9.47 Å². The zero-order valence-electron chi connectivity index (χ0n) is 8.78. The molecule has 1 aromatic rings. The van der Waals surface area contributed by atoms with E-state index in [1.807, 2.05) is 6.07 Å². The zero-order valence-corrected chi connectivity index (χ0v) is 8.78. The Kier molecular flexibility index (Phi) is 2.49. The summed E-state index contributed by atoms with van der Waals surface area (Å²) in [5.74, 6) is 0.917. The van der Waals surface area contributed by atoms with Crippen molar-refractivity contribution in [2.24, 2.45) is 4.99 Å². The van der Waals surface area contributed by atoms with Gasteiger partial charge in [-0.1, -0.05) is 0 Å². The average Bonchev–Trinajstić information content (AvgIpc) is 2.28. The summed E-state index contributed by atoms with van der Waals surface area (Å²) in [5, 5.41) is 9.83. The van der Waals surface area contributed by atoms with E-state index in [0.29, 0.717) is 11.5 Å². The van der Waals surface area contributed by atoms with Gasteiger partial charge in [0.1, 0.15) is 0 Å². The smallest absolute Gasteiger partial charge is 0.201 e. The lowest BCUT2D eigenvalue weighted by Gasteiger charge is -2.17. The van der Waals surface area contributed by atoms with Crippen LogP contribution in [0.5, 0.6) is 17.2 Å². The lowest BCUT2D eigenvalue weighted by molar-refractivity contribution is 0.338. The summed E-state index contributed by atoms with van der Waals surface area (Å²) in [7, 11) is 3.05. The Morgan fingerprint density at radius 1 is 1.33 bits per heavy atom. The monoisotopic (exact) mass is 207 g/mol. The number of aromatic hydroxyl groups is 1. The number of hydrogen-bond donors (Lipinski definition) is 1. The van der Waals surface area contributed by atoms with Crippen LogP contribution in [0.25, 0.3) is 0 Å². The SMILES string of the molecule is COc1cc2c(c(OC)c1O)C=NCC2. The van der Waals surface area contributed by atoms with Crippen molar-refractivity contribution in [3.63, 3.8) is 0 Å². The number of nitrogens with zero attached hydrogens (tertiary/aromatic N) is 1. The Balaban J connectivity index is 2.65. The van der Waals surface area contributed by atoms with Crippen LogP contribution in [0.3, 0.4) is 0 Å². The lowest BCUT2D eigenvalue weighted by atomic mass is 10.0. The van der Waals surface area contributed by atoms with Gasteiger partial charge in [-0.15, -0.1) is 0 Å². The van der Waals surface area contributed by atoms with Gasteiger partial charge in [0, 0.05) is 18.3 Å². The summed E-state index contributed by atoms with van der Waals surface area (Å²) in [6.07, 6.45) is 2.58. The molecule has 0 spiro atoms. The Morgan fingerprint density at radius 2 is 2.13 bits per heavy atom. The average molecular weight is 207 g/mol. The molecule has 15 heavy (non-hydrogen) atoms. The molecule has 0 aliphatic carbocycles. The van der Waals surface area contributed by atoms with Crippen LogP contribution in [0.1, 0.15) is 11.1 Å². The molecule has 0 atom stereocenters. The summed E-state index contributed by atoms with van der Waals surface area (Å²) in [6.45, 7) is 0.768. The molecule has 1 heterocycles. The zero-order chi connectivity index (χ0) is 10.8. The largest absolute Gasteiger partial charge is 0.502 e. The Bertz CT molecular complexity index is 413. The quantitative estimate of drug-likeness (QED) is 0.797. The van der Waals surface area contributed by atoms with Crippen molar-refractivity contribution in [1.82, 2.24) is 0 Å². The predicted octanol–water partition coefficient (Wildman–Crippen LogP) is 1.38. The molecule has 0 amide bonds. The first kappa shape index (κ1) is 9.83. The van der Waals surface area contributed by atoms with Gasteiger partial charge in [0.05, 0.1) is 14.2 Å². The Morgan fingerprint density at radius 3 is 2.80 bits per heavy atom. The molecule has 1 aromatic carbocycles. The highest BCUT2D eigenvalue weighted by atomic mass is 16.5. The van der Waals surface area contributed by atoms with E-state index in [1.54, 1.807) is 6.21 Å². The van der Waals surface area contributed by atoms with Crippen LogP contribution in [0.4, 0.5) is 0 Å². The standard InChI is InChI=1S/C11H13NO3/c1-14-9-5-7-3-4-12-6-8(7)11(15-2)10(9)13/h5-6,13H,3-4H2,1-2H3. The molecule has 1 aliphatic heterocycles. The van der Waals surface area contributed by atoms with E-state index in [-0.39, 0.29) is 5.75 Å². The van der Waals surface area contributed by atoms with Crippen LogP contribution in [-0.4, -0.2) is 32.1 Å². The second kappa shape index (κ2) is 3.81. The minimum absolute atomic E-state index is 0.0344. The van der Waals surface area contributed by atoms with Crippen LogP contribution in [0.15, 0.2) is 11.1 Å².